The van der Waals surface area contributed by atoms with E-state index in [4.69, 9.17) is 20.0 Å². The second-order valence-corrected chi connectivity index (χ2v) is 16.5. The summed E-state index contributed by atoms with van der Waals surface area (Å²) in [7, 11) is 0. The number of aliphatic hydroxyl groups is 4. The number of hydrogen-bond acceptors (Lipinski definition) is 12. The zero-order valence-corrected chi connectivity index (χ0v) is 35.8. The lowest BCUT2D eigenvalue weighted by molar-refractivity contribution is 0.143. The summed E-state index contributed by atoms with van der Waals surface area (Å²) in [5, 5.41) is 53.6. The zero-order valence-electron chi connectivity index (χ0n) is 35.8. The molecule has 0 atom stereocenters. The standard InChI is InChI=1S/C50H48N8O4/c1-47(2,59)29-25-33-9-17-37(18-10-33)51-41-42(52-38-19-11-34(12-20-38)26-30-48(3,4)60)56-45(55-41)46-57-43(53-39-21-13-35(14-22-39)27-31-49(5,6)61)44(58-46)54-40-23-15-36(16-24-40)28-32-50(7,8)62/h9-24,59-62H,1-8H3,(H,51,55)(H,52,56)(H,53,57)(H,54,58). The number of nitrogens with one attached hydrogen (secondary N) is 4. The van der Waals surface area contributed by atoms with Crippen molar-refractivity contribution < 1.29 is 20.4 Å². The molecule has 2 aliphatic rings. The van der Waals surface area contributed by atoms with Gasteiger partial charge in [-0.3, -0.25) is 0 Å². The van der Waals surface area contributed by atoms with Gasteiger partial charge in [0.25, 0.3) is 0 Å². The first-order valence-corrected chi connectivity index (χ1v) is 19.7. The van der Waals surface area contributed by atoms with Crippen LogP contribution >= 0.6 is 0 Å². The van der Waals surface area contributed by atoms with Gasteiger partial charge in [-0.2, -0.15) is 0 Å². The molecule has 0 aliphatic carbocycles. The van der Waals surface area contributed by atoms with Crippen molar-refractivity contribution in [3.05, 3.63) is 131 Å². The normalized spacial score (nSPS) is 13.6. The van der Waals surface area contributed by atoms with Crippen molar-refractivity contribution in [3.63, 3.8) is 0 Å². The van der Waals surface area contributed by atoms with E-state index in [9.17, 15) is 20.4 Å². The average molecular weight is 825 g/mol. The minimum Gasteiger partial charge on any atom is -0.378 e. The lowest BCUT2D eigenvalue weighted by atomic mass is 10.1. The van der Waals surface area contributed by atoms with E-state index >= 15 is 0 Å². The van der Waals surface area contributed by atoms with Crippen molar-refractivity contribution in [2.75, 3.05) is 21.3 Å². The summed E-state index contributed by atoms with van der Waals surface area (Å²) in [6.45, 7) is 13.0. The fraction of sp³-hybridized carbons (Fsp3) is 0.240. The molecule has 312 valence electrons. The van der Waals surface area contributed by atoms with Gasteiger partial charge in [0.05, 0.1) is 0 Å². The monoisotopic (exact) mass is 824 g/mol. The van der Waals surface area contributed by atoms with Gasteiger partial charge in [0.1, 0.15) is 22.4 Å². The summed E-state index contributed by atoms with van der Waals surface area (Å²) in [6, 6.07) is 29.6. The van der Waals surface area contributed by atoms with Crippen LogP contribution in [0.2, 0.25) is 0 Å². The topological polar surface area (TPSA) is 178 Å². The first-order valence-electron chi connectivity index (χ1n) is 19.7. The highest BCUT2D eigenvalue weighted by Crippen LogP contribution is 2.25. The second-order valence-electron chi connectivity index (χ2n) is 16.5. The molecule has 0 spiro atoms. The van der Waals surface area contributed by atoms with Crippen LogP contribution in [0.5, 0.6) is 0 Å². The Kier molecular flexibility index (Phi) is 12.9. The van der Waals surface area contributed by atoms with Gasteiger partial charge in [0, 0.05) is 45.0 Å². The van der Waals surface area contributed by atoms with Crippen molar-refractivity contribution in [2.45, 2.75) is 77.8 Å². The molecule has 0 fully saturated rings. The summed E-state index contributed by atoms with van der Waals surface area (Å²) in [6.07, 6.45) is 0. The number of nitrogens with zero attached hydrogens (tertiary/aromatic N) is 4. The number of aliphatic imine (C=N–C) groups is 4. The van der Waals surface area contributed by atoms with Gasteiger partial charge in [0.15, 0.2) is 23.3 Å². The molecule has 6 rings (SSSR count). The van der Waals surface area contributed by atoms with Crippen LogP contribution in [0.15, 0.2) is 129 Å². The molecular weight excluding hydrogens is 777 g/mol. The Labute approximate surface area is 362 Å². The highest BCUT2D eigenvalue weighted by molar-refractivity contribution is 6.51. The average Bonchev–Trinajstić information content (AvgIpc) is 3.78. The van der Waals surface area contributed by atoms with E-state index in [1.807, 2.05) is 97.1 Å². The molecule has 8 N–H and O–H groups in total. The summed E-state index contributed by atoms with van der Waals surface area (Å²) >= 11 is 0. The first-order chi connectivity index (χ1) is 29.1. The number of amidine groups is 4. The highest BCUT2D eigenvalue weighted by atomic mass is 16.3. The maximum Gasteiger partial charge on any atom is 0.202 e. The summed E-state index contributed by atoms with van der Waals surface area (Å²) < 4.78 is 0. The molecular formula is C50H48N8O4. The van der Waals surface area contributed by atoms with E-state index in [1.165, 1.54) is 0 Å². The predicted molar refractivity (Wildman–Crippen MR) is 250 cm³/mol. The molecule has 62 heavy (non-hydrogen) atoms. The van der Waals surface area contributed by atoms with Crippen LogP contribution in [0, 0.1) is 47.4 Å². The molecule has 12 heteroatoms. The molecule has 0 saturated carbocycles. The van der Waals surface area contributed by atoms with E-state index in [1.54, 1.807) is 55.4 Å². The smallest absolute Gasteiger partial charge is 0.202 e. The van der Waals surface area contributed by atoms with Crippen molar-refractivity contribution in [2.24, 2.45) is 20.0 Å². The second kappa shape index (κ2) is 18.1. The predicted octanol–water partition coefficient (Wildman–Crippen LogP) is 6.67. The van der Waals surface area contributed by atoms with Crippen LogP contribution in [0.25, 0.3) is 0 Å². The molecule has 0 unspecified atom stereocenters. The van der Waals surface area contributed by atoms with Gasteiger partial charge in [-0.15, -0.1) is 0 Å². The van der Waals surface area contributed by atoms with Gasteiger partial charge in [-0.25, -0.2) is 20.0 Å². The van der Waals surface area contributed by atoms with Crippen molar-refractivity contribution >= 4 is 46.1 Å². The molecule has 0 amide bonds. The van der Waals surface area contributed by atoms with Gasteiger partial charge >= 0.3 is 0 Å². The van der Waals surface area contributed by atoms with E-state index in [0.29, 0.717) is 46.1 Å². The number of benzene rings is 4. The van der Waals surface area contributed by atoms with Crippen LogP contribution in [-0.4, -0.2) is 66.2 Å². The lowest BCUT2D eigenvalue weighted by Gasteiger charge is -2.11. The fourth-order valence-electron chi connectivity index (χ4n) is 5.23. The molecule has 2 aliphatic heterocycles. The largest absolute Gasteiger partial charge is 0.378 e. The molecule has 2 heterocycles. The SMILES string of the molecule is CC(C)(O)C#Cc1ccc(NC2=NC(=C3N=C(Nc4ccc(C#CC(C)(C)O)cc4)C(Nc4ccc(C#CC(C)(C)O)cc4)=N3)N=C2Nc2ccc(C#CC(C)(C)O)cc2)cc1. The maximum absolute atomic E-state index is 10.1. The van der Waals surface area contributed by atoms with E-state index < -0.39 is 22.4 Å². The van der Waals surface area contributed by atoms with Crippen LogP contribution in [-0.2, 0) is 0 Å². The quantitative estimate of drug-likeness (QED) is 0.105. The Morgan fingerprint density at radius 2 is 0.500 bits per heavy atom. The van der Waals surface area contributed by atoms with Crippen molar-refractivity contribution in [1.29, 1.82) is 0 Å². The van der Waals surface area contributed by atoms with Crippen LogP contribution < -0.4 is 21.3 Å². The molecule has 0 saturated heterocycles. The van der Waals surface area contributed by atoms with Gasteiger partial charge < -0.3 is 41.7 Å². The van der Waals surface area contributed by atoms with Crippen LogP contribution in [0.1, 0.15) is 77.6 Å². The first kappa shape index (κ1) is 44.1. The number of hydrogen-bond donors (Lipinski definition) is 8. The third-order valence-corrected chi connectivity index (χ3v) is 8.16. The van der Waals surface area contributed by atoms with E-state index in [2.05, 4.69) is 68.6 Å². The Morgan fingerprint density at radius 3 is 0.661 bits per heavy atom. The number of rotatable bonds is 4. The van der Waals surface area contributed by atoms with Crippen LogP contribution in [0.4, 0.5) is 22.7 Å². The maximum atomic E-state index is 10.1. The fourth-order valence-corrected chi connectivity index (χ4v) is 5.23. The Morgan fingerprint density at radius 1 is 0.323 bits per heavy atom. The van der Waals surface area contributed by atoms with Crippen molar-refractivity contribution in [3.8, 4) is 47.4 Å². The van der Waals surface area contributed by atoms with E-state index in [0.717, 1.165) is 22.3 Å². The summed E-state index contributed by atoms with van der Waals surface area (Å²) in [5.41, 5.74) is 1.30. The van der Waals surface area contributed by atoms with Gasteiger partial charge in [-0.05, 0) is 152 Å². The van der Waals surface area contributed by atoms with Gasteiger partial charge in [0.2, 0.25) is 11.6 Å². The Bertz CT molecular complexity index is 2360. The molecule has 0 radical (unpaired) electrons. The third kappa shape index (κ3) is 13.8. The zero-order chi connectivity index (χ0) is 44.7. The highest BCUT2D eigenvalue weighted by Gasteiger charge is 2.26. The molecule has 0 aromatic heterocycles. The number of anilines is 4. The molecule has 4 aromatic rings. The van der Waals surface area contributed by atoms with Gasteiger partial charge in [-0.1, -0.05) is 47.4 Å². The van der Waals surface area contributed by atoms with Crippen molar-refractivity contribution in [1.82, 2.24) is 0 Å². The molecule has 4 aromatic carbocycles. The molecule has 0 bridgehead atoms. The Balaban J connectivity index is 1.36. The lowest BCUT2D eigenvalue weighted by Crippen LogP contribution is -2.27. The minimum absolute atomic E-state index is 0.237. The third-order valence-electron chi connectivity index (χ3n) is 8.16. The minimum atomic E-state index is -1.12. The molecule has 12 nitrogen and oxygen atoms in total. The summed E-state index contributed by atoms with van der Waals surface area (Å²) in [4.78, 5) is 19.4. The van der Waals surface area contributed by atoms with E-state index in [-0.39, 0.29) is 11.6 Å². The van der Waals surface area contributed by atoms with Crippen LogP contribution in [0.3, 0.4) is 0 Å². The Hall–Kier alpha value is -7.42. The summed E-state index contributed by atoms with van der Waals surface area (Å²) in [5.74, 6) is 25.3.